The quantitative estimate of drug-likeness (QED) is 0.879. The predicted octanol–water partition coefficient (Wildman–Crippen LogP) is 2.37. The first-order chi connectivity index (χ1) is 9.22. The molecule has 0 amide bonds. The molecule has 6 heteroatoms. The second-order valence-corrected chi connectivity index (χ2v) is 4.39. The molecule has 2 aromatic rings. The number of nitrogens with one attached hydrogen (secondary N) is 1. The number of nitrogens with zero attached hydrogens (tertiary/aromatic N) is 3. The van der Waals surface area contributed by atoms with Crippen LogP contribution < -0.4 is 5.32 Å². The lowest BCUT2D eigenvalue weighted by Gasteiger charge is -2.14. The predicted molar refractivity (Wildman–Crippen MR) is 75.1 cm³/mol. The summed E-state index contributed by atoms with van der Waals surface area (Å²) in [5.74, 6) is 0.885. The maximum absolute atomic E-state index is 9.18. The zero-order valence-electron chi connectivity index (χ0n) is 10.5. The molecule has 1 aromatic carbocycles. The van der Waals surface area contributed by atoms with E-state index in [4.69, 9.17) is 11.6 Å². The van der Waals surface area contributed by atoms with Gasteiger partial charge < -0.3 is 10.4 Å². The summed E-state index contributed by atoms with van der Waals surface area (Å²) >= 11 is 5.91. The van der Waals surface area contributed by atoms with E-state index in [2.05, 4.69) is 20.3 Å². The Morgan fingerprint density at radius 3 is 2.58 bits per heavy atom. The smallest absolute Gasteiger partial charge is 0.227 e. The van der Waals surface area contributed by atoms with E-state index in [1.165, 1.54) is 0 Å². The normalized spacial score (nSPS) is 12.2. The largest absolute Gasteiger partial charge is 0.394 e. The Balaban J connectivity index is 2.30. The fraction of sp³-hybridized carbons (Fsp3) is 0.308. The van der Waals surface area contributed by atoms with Gasteiger partial charge in [0.1, 0.15) is 0 Å². The SMILES string of the molecule is CCC(CO)Nc1nc(Cl)nc(-c2ccccc2)n1. The van der Waals surface area contributed by atoms with E-state index in [0.29, 0.717) is 11.8 Å². The minimum atomic E-state index is -0.0953. The molecule has 0 bridgehead atoms. The van der Waals surface area contributed by atoms with Crippen LogP contribution >= 0.6 is 11.6 Å². The molecule has 2 rings (SSSR count). The highest BCUT2D eigenvalue weighted by Crippen LogP contribution is 2.17. The van der Waals surface area contributed by atoms with Crippen LogP contribution in [0.25, 0.3) is 11.4 Å². The van der Waals surface area contributed by atoms with E-state index in [0.717, 1.165) is 12.0 Å². The summed E-state index contributed by atoms with van der Waals surface area (Å²) in [4.78, 5) is 12.4. The lowest BCUT2D eigenvalue weighted by atomic mass is 10.2. The molecule has 2 N–H and O–H groups in total. The Hall–Kier alpha value is -1.72. The van der Waals surface area contributed by atoms with Gasteiger partial charge >= 0.3 is 0 Å². The van der Waals surface area contributed by atoms with Crippen molar-refractivity contribution in [1.82, 2.24) is 15.0 Å². The molecular formula is C13H15ClN4O. The highest BCUT2D eigenvalue weighted by Gasteiger charge is 2.10. The zero-order valence-corrected chi connectivity index (χ0v) is 11.3. The van der Waals surface area contributed by atoms with E-state index < -0.39 is 0 Å². The highest BCUT2D eigenvalue weighted by atomic mass is 35.5. The number of aliphatic hydroxyl groups excluding tert-OH is 1. The second kappa shape index (κ2) is 6.45. The molecule has 0 aliphatic carbocycles. The molecule has 0 saturated heterocycles. The van der Waals surface area contributed by atoms with Crippen molar-refractivity contribution in [2.45, 2.75) is 19.4 Å². The van der Waals surface area contributed by atoms with Crippen LogP contribution in [0.5, 0.6) is 0 Å². The summed E-state index contributed by atoms with van der Waals surface area (Å²) in [6.45, 7) is 1.98. The van der Waals surface area contributed by atoms with Gasteiger partial charge in [0, 0.05) is 5.56 Å². The first-order valence-electron chi connectivity index (χ1n) is 6.07. The van der Waals surface area contributed by atoms with Crippen LogP contribution in [0.3, 0.4) is 0 Å². The van der Waals surface area contributed by atoms with Gasteiger partial charge in [-0.2, -0.15) is 15.0 Å². The van der Waals surface area contributed by atoms with Crippen molar-refractivity contribution in [3.05, 3.63) is 35.6 Å². The summed E-state index contributed by atoms with van der Waals surface area (Å²) < 4.78 is 0. The summed E-state index contributed by atoms with van der Waals surface area (Å²) in [5, 5.41) is 12.3. The minimum Gasteiger partial charge on any atom is -0.394 e. The van der Waals surface area contributed by atoms with Crippen molar-refractivity contribution in [3.8, 4) is 11.4 Å². The Kier molecular flexibility index (Phi) is 4.65. The number of benzene rings is 1. The van der Waals surface area contributed by atoms with Crippen LogP contribution in [-0.4, -0.2) is 32.7 Å². The molecule has 5 nitrogen and oxygen atoms in total. The molecule has 1 aromatic heterocycles. The van der Waals surface area contributed by atoms with Gasteiger partial charge in [0.05, 0.1) is 12.6 Å². The molecule has 0 aliphatic heterocycles. The summed E-state index contributed by atoms with van der Waals surface area (Å²) in [7, 11) is 0. The Bertz CT molecular complexity index is 531. The molecule has 0 fully saturated rings. The fourth-order valence-electron chi connectivity index (χ4n) is 1.59. The molecule has 0 aliphatic rings. The number of aromatic nitrogens is 3. The van der Waals surface area contributed by atoms with Crippen LogP contribution in [0.15, 0.2) is 30.3 Å². The van der Waals surface area contributed by atoms with Crippen LogP contribution in [0, 0.1) is 0 Å². The van der Waals surface area contributed by atoms with E-state index in [1.807, 2.05) is 37.3 Å². The van der Waals surface area contributed by atoms with Crippen LogP contribution in [0.4, 0.5) is 5.95 Å². The first kappa shape index (κ1) is 13.7. The van der Waals surface area contributed by atoms with E-state index in [1.54, 1.807) is 0 Å². The molecule has 1 atom stereocenters. The number of anilines is 1. The topological polar surface area (TPSA) is 70.9 Å². The molecule has 100 valence electrons. The van der Waals surface area contributed by atoms with Gasteiger partial charge in [0.15, 0.2) is 5.82 Å². The van der Waals surface area contributed by atoms with Crippen molar-refractivity contribution in [3.63, 3.8) is 0 Å². The molecule has 0 saturated carbocycles. The van der Waals surface area contributed by atoms with Gasteiger partial charge in [-0.05, 0) is 18.0 Å². The van der Waals surface area contributed by atoms with Crippen molar-refractivity contribution in [2.24, 2.45) is 0 Å². The summed E-state index contributed by atoms with van der Waals surface area (Å²) in [6.07, 6.45) is 0.764. The molecule has 0 spiro atoms. The van der Waals surface area contributed by atoms with Gasteiger partial charge in [0.2, 0.25) is 11.2 Å². The lowest BCUT2D eigenvalue weighted by Crippen LogP contribution is -2.24. The Morgan fingerprint density at radius 2 is 1.95 bits per heavy atom. The van der Waals surface area contributed by atoms with Crippen molar-refractivity contribution in [2.75, 3.05) is 11.9 Å². The highest BCUT2D eigenvalue weighted by molar-refractivity contribution is 6.28. The van der Waals surface area contributed by atoms with Crippen LogP contribution in [-0.2, 0) is 0 Å². The van der Waals surface area contributed by atoms with Crippen LogP contribution in [0.1, 0.15) is 13.3 Å². The maximum atomic E-state index is 9.18. The molecule has 0 radical (unpaired) electrons. The molecule has 19 heavy (non-hydrogen) atoms. The zero-order chi connectivity index (χ0) is 13.7. The fourth-order valence-corrected chi connectivity index (χ4v) is 1.75. The van der Waals surface area contributed by atoms with E-state index in [-0.39, 0.29) is 17.9 Å². The molecule has 1 unspecified atom stereocenters. The van der Waals surface area contributed by atoms with Crippen molar-refractivity contribution >= 4 is 17.5 Å². The molecular weight excluding hydrogens is 264 g/mol. The third-order valence-electron chi connectivity index (χ3n) is 2.69. The van der Waals surface area contributed by atoms with Crippen molar-refractivity contribution in [1.29, 1.82) is 0 Å². The van der Waals surface area contributed by atoms with Gasteiger partial charge in [-0.25, -0.2) is 0 Å². The number of rotatable bonds is 5. The number of halogens is 1. The van der Waals surface area contributed by atoms with Gasteiger partial charge in [0.25, 0.3) is 0 Å². The lowest BCUT2D eigenvalue weighted by molar-refractivity contribution is 0.271. The number of aliphatic hydroxyl groups is 1. The first-order valence-corrected chi connectivity index (χ1v) is 6.45. The number of hydrogen-bond acceptors (Lipinski definition) is 5. The van der Waals surface area contributed by atoms with Gasteiger partial charge in [-0.1, -0.05) is 37.3 Å². The average molecular weight is 279 g/mol. The van der Waals surface area contributed by atoms with Gasteiger partial charge in [-0.3, -0.25) is 0 Å². The van der Waals surface area contributed by atoms with E-state index >= 15 is 0 Å². The molecule has 1 heterocycles. The Labute approximate surface area is 116 Å². The second-order valence-electron chi connectivity index (χ2n) is 4.05. The summed E-state index contributed by atoms with van der Waals surface area (Å²) in [5.41, 5.74) is 0.867. The Morgan fingerprint density at radius 1 is 1.21 bits per heavy atom. The average Bonchev–Trinajstić information content (AvgIpc) is 2.45. The standard InChI is InChI=1S/C13H15ClN4O/c1-2-10(8-19)15-13-17-11(16-12(14)18-13)9-6-4-3-5-7-9/h3-7,10,19H,2,8H2,1H3,(H,15,16,17,18). The van der Waals surface area contributed by atoms with Crippen molar-refractivity contribution < 1.29 is 5.11 Å². The third kappa shape index (κ3) is 3.62. The minimum absolute atomic E-state index is 0.0144. The number of hydrogen-bond donors (Lipinski definition) is 2. The maximum Gasteiger partial charge on any atom is 0.227 e. The third-order valence-corrected chi connectivity index (χ3v) is 2.86. The van der Waals surface area contributed by atoms with Gasteiger partial charge in [-0.15, -0.1) is 0 Å². The monoisotopic (exact) mass is 278 g/mol. The van der Waals surface area contributed by atoms with Crippen LogP contribution in [0.2, 0.25) is 5.28 Å². The summed E-state index contributed by atoms with van der Waals surface area (Å²) in [6, 6.07) is 9.44. The van der Waals surface area contributed by atoms with E-state index in [9.17, 15) is 5.11 Å².